The molecule has 1 saturated carbocycles. The first-order valence-electron chi connectivity index (χ1n) is 7.15. The van der Waals surface area contributed by atoms with E-state index < -0.39 is 0 Å². The second kappa shape index (κ2) is 8.29. The van der Waals surface area contributed by atoms with Gasteiger partial charge >= 0.3 is 0 Å². The van der Waals surface area contributed by atoms with E-state index in [2.05, 4.69) is 26.2 Å². The van der Waals surface area contributed by atoms with Gasteiger partial charge in [-0.25, -0.2) is 0 Å². The number of pyridine rings is 1. The number of aromatic nitrogens is 1. The Labute approximate surface area is 156 Å². The Hall–Kier alpha value is -0.880. The summed E-state index contributed by atoms with van der Waals surface area (Å²) in [5, 5.41) is 3.81. The molecule has 0 spiro atoms. The second-order valence-electron chi connectivity index (χ2n) is 5.68. The van der Waals surface area contributed by atoms with E-state index in [1.165, 1.54) is 12.8 Å². The molecule has 4 nitrogen and oxygen atoms in total. The molecule has 0 bridgehead atoms. The molecule has 1 unspecified atom stereocenters. The lowest BCUT2D eigenvalue weighted by Gasteiger charge is -2.13. The number of benzene rings is 1. The van der Waals surface area contributed by atoms with Crippen LogP contribution in [0.4, 0.5) is 0 Å². The third kappa shape index (κ3) is 4.80. The quantitative estimate of drug-likeness (QED) is 0.793. The van der Waals surface area contributed by atoms with E-state index in [4.69, 9.17) is 5.73 Å². The van der Waals surface area contributed by atoms with E-state index in [1.54, 1.807) is 0 Å². The van der Waals surface area contributed by atoms with Crippen molar-refractivity contribution in [1.29, 1.82) is 0 Å². The van der Waals surface area contributed by atoms with Crippen LogP contribution < -0.4 is 11.1 Å². The zero-order valence-corrected chi connectivity index (χ0v) is 15.9. The fourth-order valence-corrected chi connectivity index (χ4v) is 2.87. The Morgan fingerprint density at radius 2 is 2.09 bits per heavy atom. The van der Waals surface area contributed by atoms with Crippen LogP contribution in [0, 0.1) is 12.8 Å². The summed E-state index contributed by atoms with van der Waals surface area (Å²) in [5.41, 5.74) is 8.35. The number of halogens is 3. The van der Waals surface area contributed by atoms with Crippen molar-refractivity contribution in [3.8, 4) is 0 Å². The van der Waals surface area contributed by atoms with E-state index >= 15 is 0 Å². The van der Waals surface area contributed by atoms with Crippen LogP contribution in [0.25, 0.3) is 10.9 Å². The molecule has 0 aliphatic heterocycles. The highest BCUT2D eigenvalue weighted by Gasteiger charge is 2.28. The summed E-state index contributed by atoms with van der Waals surface area (Å²) in [7, 11) is 0. The van der Waals surface area contributed by atoms with Crippen LogP contribution in [0.5, 0.6) is 0 Å². The minimum atomic E-state index is -0.0797. The smallest absolute Gasteiger partial charge is 0.252 e. The standard InChI is InChI=1S/C16H18BrN3O.2ClH/c1-9-6-13(12-5-4-11(17)7-15(12)20-9)16(21)19-8-14(18)10-2-3-10;;/h4-7,10,14H,2-3,8,18H2,1H3,(H,19,21);2*1H. The largest absolute Gasteiger partial charge is 0.350 e. The Bertz CT molecular complexity index is 702. The molecule has 1 aliphatic carbocycles. The molecule has 0 radical (unpaired) electrons. The van der Waals surface area contributed by atoms with Gasteiger partial charge in [-0.15, -0.1) is 24.8 Å². The lowest BCUT2D eigenvalue weighted by Crippen LogP contribution is -2.38. The van der Waals surface area contributed by atoms with Gasteiger partial charge in [-0.3, -0.25) is 9.78 Å². The molecule has 1 aromatic heterocycles. The van der Waals surface area contributed by atoms with Crippen molar-refractivity contribution in [2.75, 3.05) is 6.54 Å². The molecule has 1 heterocycles. The Morgan fingerprint density at radius 3 is 2.74 bits per heavy atom. The highest BCUT2D eigenvalue weighted by molar-refractivity contribution is 9.10. The SMILES string of the molecule is Cc1cc(C(=O)NCC(N)C2CC2)c2ccc(Br)cc2n1.Cl.Cl. The average Bonchev–Trinajstić information content (AvgIpc) is 3.27. The van der Waals surface area contributed by atoms with E-state index in [1.807, 2.05) is 31.2 Å². The summed E-state index contributed by atoms with van der Waals surface area (Å²) in [6.45, 7) is 2.43. The third-order valence-corrected chi connectivity index (χ3v) is 4.36. The van der Waals surface area contributed by atoms with Gasteiger partial charge in [0.1, 0.15) is 0 Å². The van der Waals surface area contributed by atoms with Gasteiger partial charge in [-0.05, 0) is 43.9 Å². The first-order valence-corrected chi connectivity index (χ1v) is 7.94. The fourth-order valence-electron chi connectivity index (χ4n) is 2.52. The summed E-state index contributed by atoms with van der Waals surface area (Å²) >= 11 is 3.43. The normalized spacial score (nSPS) is 14.6. The molecule has 1 amide bonds. The lowest BCUT2D eigenvalue weighted by molar-refractivity contribution is 0.0952. The Morgan fingerprint density at radius 1 is 1.39 bits per heavy atom. The van der Waals surface area contributed by atoms with Crippen molar-refractivity contribution in [1.82, 2.24) is 10.3 Å². The number of hydrogen-bond donors (Lipinski definition) is 2. The zero-order chi connectivity index (χ0) is 15.0. The van der Waals surface area contributed by atoms with E-state index in [9.17, 15) is 4.79 Å². The van der Waals surface area contributed by atoms with Crippen molar-refractivity contribution in [2.45, 2.75) is 25.8 Å². The highest BCUT2D eigenvalue weighted by Crippen LogP contribution is 2.31. The van der Waals surface area contributed by atoms with Gasteiger partial charge in [0.05, 0.1) is 11.1 Å². The number of rotatable bonds is 4. The Balaban J connectivity index is 0.00000132. The number of nitrogens with one attached hydrogen (secondary N) is 1. The monoisotopic (exact) mass is 419 g/mol. The number of aryl methyl sites for hydroxylation is 1. The minimum absolute atomic E-state index is 0. The molecule has 0 saturated heterocycles. The summed E-state index contributed by atoms with van der Waals surface area (Å²) in [5.74, 6) is 0.501. The predicted octanol–water partition coefficient (Wildman–Crippen LogP) is 3.62. The van der Waals surface area contributed by atoms with E-state index in [0.29, 0.717) is 18.0 Å². The maximum Gasteiger partial charge on any atom is 0.252 e. The van der Waals surface area contributed by atoms with Crippen molar-refractivity contribution in [3.05, 3.63) is 40.0 Å². The first-order chi connectivity index (χ1) is 10.0. The number of carbonyl (C=O) groups excluding carboxylic acids is 1. The van der Waals surface area contributed by atoms with Crippen molar-refractivity contribution in [2.24, 2.45) is 11.7 Å². The number of carbonyl (C=O) groups is 1. The number of fused-ring (bicyclic) bond motifs is 1. The van der Waals surface area contributed by atoms with Crippen molar-refractivity contribution in [3.63, 3.8) is 0 Å². The summed E-state index contributed by atoms with van der Waals surface area (Å²) in [4.78, 5) is 16.9. The minimum Gasteiger partial charge on any atom is -0.350 e. The van der Waals surface area contributed by atoms with E-state index in [0.717, 1.165) is 21.1 Å². The number of nitrogens with zero attached hydrogens (tertiary/aromatic N) is 1. The molecule has 1 aliphatic rings. The van der Waals surface area contributed by atoms with Crippen LogP contribution in [-0.2, 0) is 0 Å². The molecular weight excluding hydrogens is 401 g/mol. The zero-order valence-electron chi connectivity index (χ0n) is 12.7. The topological polar surface area (TPSA) is 68.0 Å². The molecule has 1 aromatic carbocycles. The van der Waals surface area contributed by atoms with Crippen LogP contribution in [0.3, 0.4) is 0 Å². The van der Waals surface area contributed by atoms with Crippen LogP contribution in [0.2, 0.25) is 0 Å². The maximum absolute atomic E-state index is 12.4. The van der Waals surface area contributed by atoms with Gasteiger partial charge in [-0.2, -0.15) is 0 Å². The molecule has 1 fully saturated rings. The molecule has 126 valence electrons. The predicted molar refractivity (Wildman–Crippen MR) is 102 cm³/mol. The van der Waals surface area contributed by atoms with Crippen LogP contribution in [0.15, 0.2) is 28.7 Å². The highest BCUT2D eigenvalue weighted by atomic mass is 79.9. The van der Waals surface area contributed by atoms with Gasteiger partial charge in [-0.1, -0.05) is 22.0 Å². The fraction of sp³-hybridized carbons (Fsp3) is 0.375. The summed E-state index contributed by atoms with van der Waals surface area (Å²) in [6.07, 6.45) is 2.37. The first kappa shape index (κ1) is 20.2. The van der Waals surface area contributed by atoms with Crippen molar-refractivity contribution >= 4 is 57.6 Å². The van der Waals surface area contributed by atoms with Crippen LogP contribution >= 0.6 is 40.7 Å². The molecule has 3 N–H and O–H groups in total. The second-order valence-corrected chi connectivity index (χ2v) is 6.60. The van der Waals surface area contributed by atoms with Gasteiger partial charge in [0, 0.05) is 28.1 Å². The van der Waals surface area contributed by atoms with Crippen LogP contribution in [-0.4, -0.2) is 23.5 Å². The molecular formula is C16H20BrCl2N3O. The number of nitrogens with two attached hydrogens (primary N) is 1. The molecule has 3 rings (SSSR count). The molecule has 23 heavy (non-hydrogen) atoms. The van der Waals surface area contributed by atoms with Gasteiger partial charge in [0.15, 0.2) is 0 Å². The third-order valence-electron chi connectivity index (χ3n) is 3.87. The van der Waals surface area contributed by atoms with Gasteiger partial charge < -0.3 is 11.1 Å². The Kier molecular flexibility index (Phi) is 7.27. The van der Waals surface area contributed by atoms with E-state index in [-0.39, 0.29) is 36.8 Å². The van der Waals surface area contributed by atoms with Gasteiger partial charge in [0.25, 0.3) is 5.91 Å². The lowest BCUT2D eigenvalue weighted by atomic mass is 10.1. The maximum atomic E-state index is 12.4. The van der Waals surface area contributed by atoms with Crippen LogP contribution in [0.1, 0.15) is 28.9 Å². The molecule has 1 atom stereocenters. The van der Waals surface area contributed by atoms with Crippen molar-refractivity contribution < 1.29 is 4.79 Å². The average molecular weight is 421 g/mol. The van der Waals surface area contributed by atoms with Gasteiger partial charge in [0.2, 0.25) is 0 Å². The number of hydrogen-bond acceptors (Lipinski definition) is 3. The summed E-state index contributed by atoms with van der Waals surface area (Å²) < 4.78 is 0.954. The molecule has 7 heteroatoms. The summed E-state index contributed by atoms with van der Waals surface area (Å²) in [6, 6.07) is 7.66. The number of amides is 1. The molecule has 2 aromatic rings.